The van der Waals surface area contributed by atoms with Gasteiger partial charge >= 0.3 is 0 Å². The summed E-state index contributed by atoms with van der Waals surface area (Å²) in [5.41, 5.74) is 3.35. The third kappa shape index (κ3) is 2.31. The number of rotatable bonds is 3. The Labute approximate surface area is 119 Å². The fourth-order valence-electron chi connectivity index (χ4n) is 2.77. The summed E-state index contributed by atoms with van der Waals surface area (Å²) in [5.74, 6) is 2.32. The third-order valence-corrected chi connectivity index (χ3v) is 4.00. The van der Waals surface area contributed by atoms with Crippen molar-refractivity contribution in [1.29, 1.82) is 0 Å². The van der Waals surface area contributed by atoms with Crippen LogP contribution in [-0.4, -0.2) is 11.8 Å². The lowest BCUT2D eigenvalue weighted by Gasteiger charge is -2.32. The van der Waals surface area contributed by atoms with Gasteiger partial charge in [0.1, 0.15) is 11.5 Å². The number of nitrogens with zero attached hydrogens (tertiary/aromatic N) is 1. The van der Waals surface area contributed by atoms with E-state index in [1.165, 1.54) is 5.56 Å². The molecule has 1 N–H and O–H groups in total. The van der Waals surface area contributed by atoms with Crippen LogP contribution in [0.5, 0.6) is 5.75 Å². The Kier molecular flexibility index (Phi) is 3.49. The molecule has 2 unspecified atom stereocenters. The van der Waals surface area contributed by atoms with Crippen molar-refractivity contribution in [3.63, 3.8) is 0 Å². The van der Waals surface area contributed by atoms with E-state index >= 15 is 0 Å². The Hall–Kier alpha value is -1.81. The Morgan fingerprint density at radius 1 is 1.30 bits per heavy atom. The minimum Gasteiger partial charge on any atom is -0.493 e. The molecule has 2 heterocycles. The zero-order valence-corrected chi connectivity index (χ0v) is 12.1. The molecule has 2 atom stereocenters. The molecule has 4 nitrogen and oxygen atoms in total. The molecule has 0 spiro atoms. The maximum atomic E-state index is 5.78. The number of nitrogens with one attached hydrogen (secondary N) is 1. The summed E-state index contributed by atoms with van der Waals surface area (Å²) in [7, 11) is 0. The number of para-hydroxylation sites is 1. The molecular weight excluding hydrogens is 252 g/mol. The predicted molar refractivity (Wildman–Crippen MR) is 76.7 cm³/mol. The lowest BCUT2D eigenvalue weighted by Crippen LogP contribution is -2.33. The number of aryl methyl sites for hydroxylation is 2. The minimum atomic E-state index is 0.300. The van der Waals surface area contributed by atoms with Crippen LogP contribution in [0.4, 0.5) is 0 Å². The second-order valence-corrected chi connectivity index (χ2v) is 5.49. The Morgan fingerprint density at radius 3 is 2.85 bits per heavy atom. The van der Waals surface area contributed by atoms with Gasteiger partial charge < -0.3 is 14.6 Å². The molecule has 0 radical (unpaired) electrons. The molecule has 0 fully saturated rings. The monoisotopic (exact) mass is 272 g/mol. The van der Waals surface area contributed by atoms with E-state index in [9.17, 15) is 0 Å². The van der Waals surface area contributed by atoms with Crippen LogP contribution in [0.15, 0.2) is 28.8 Å². The first-order valence-corrected chi connectivity index (χ1v) is 7.03. The van der Waals surface area contributed by atoms with Gasteiger partial charge in [0.2, 0.25) is 0 Å². The van der Waals surface area contributed by atoms with Crippen molar-refractivity contribution in [2.75, 3.05) is 6.61 Å². The van der Waals surface area contributed by atoms with Gasteiger partial charge in [0.05, 0.1) is 12.3 Å². The molecule has 2 aromatic rings. The summed E-state index contributed by atoms with van der Waals surface area (Å²) in [6, 6.07) is 8.54. The van der Waals surface area contributed by atoms with Crippen molar-refractivity contribution in [3.8, 4) is 5.75 Å². The normalized spacial score (nSPS) is 21.4. The topological polar surface area (TPSA) is 47.3 Å². The molecule has 4 heteroatoms. The molecule has 1 aromatic heterocycles. The first-order valence-electron chi connectivity index (χ1n) is 7.03. The van der Waals surface area contributed by atoms with E-state index in [0.717, 1.165) is 35.9 Å². The maximum Gasteiger partial charge on any atom is 0.138 e. The fourth-order valence-corrected chi connectivity index (χ4v) is 2.77. The predicted octanol–water partition coefficient (Wildman–Crippen LogP) is 3.15. The lowest BCUT2D eigenvalue weighted by atomic mass is 9.92. The van der Waals surface area contributed by atoms with Gasteiger partial charge in [-0.05, 0) is 19.9 Å². The summed E-state index contributed by atoms with van der Waals surface area (Å²) < 4.78 is 11.0. The zero-order valence-electron chi connectivity index (χ0n) is 12.1. The molecular formula is C16H20N2O2. The second-order valence-electron chi connectivity index (χ2n) is 5.49. The van der Waals surface area contributed by atoms with Crippen LogP contribution in [0.1, 0.15) is 35.5 Å². The smallest absolute Gasteiger partial charge is 0.138 e. The molecule has 0 aliphatic carbocycles. The summed E-state index contributed by atoms with van der Waals surface area (Å²) in [4.78, 5) is 0. The van der Waals surface area contributed by atoms with Gasteiger partial charge in [-0.3, -0.25) is 0 Å². The standard InChI is InChI=1S/C16H20N2O2/c1-10-9-19-15-7-5-4-6-13(15)16(10)17-8-14-11(2)18-20-12(14)3/h4-7,10,16-17H,8-9H2,1-3H3. The van der Waals surface area contributed by atoms with Gasteiger partial charge in [-0.25, -0.2) is 0 Å². The van der Waals surface area contributed by atoms with E-state index in [0.29, 0.717) is 12.0 Å². The average Bonchev–Trinajstić information content (AvgIpc) is 2.77. The molecule has 20 heavy (non-hydrogen) atoms. The largest absolute Gasteiger partial charge is 0.493 e. The molecule has 0 bridgehead atoms. The number of fused-ring (bicyclic) bond motifs is 1. The summed E-state index contributed by atoms with van der Waals surface area (Å²) in [6.45, 7) is 7.66. The summed E-state index contributed by atoms with van der Waals surface area (Å²) >= 11 is 0. The highest BCUT2D eigenvalue weighted by molar-refractivity contribution is 5.38. The SMILES string of the molecule is Cc1noc(C)c1CNC1c2ccccc2OCC1C. The molecule has 1 aliphatic heterocycles. The number of ether oxygens (including phenoxy) is 1. The molecule has 0 saturated heterocycles. The second kappa shape index (κ2) is 5.29. The van der Waals surface area contributed by atoms with E-state index in [1.807, 2.05) is 26.0 Å². The first-order chi connectivity index (χ1) is 9.66. The van der Waals surface area contributed by atoms with Gasteiger partial charge in [-0.15, -0.1) is 0 Å². The highest BCUT2D eigenvalue weighted by Gasteiger charge is 2.27. The van der Waals surface area contributed by atoms with Crippen molar-refractivity contribution in [3.05, 3.63) is 46.8 Å². The molecule has 0 amide bonds. The van der Waals surface area contributed by atoms with Crippen molar-refractivity contribution < 1.29 is 9.26 Å². The highest BCUT2D eigenvalue weighted by Crippen LogP contribution is 2.35. The van der Waals surface area contributed by atoms with Crippen LogP contribution >= 0.6 is 0 Å². The van der Waals surface area contributed by atoms with Crippen LogP contribution in [0.3, 0.4) is 0 Å². The number of hydrogen-bond acceptors (Lipinski definition) is 4. The Balaban J connectivity index is 1.80. The van der Waals surface area contributed by atoms with E-state index in [1.54, 1.807) is 0 Å². The van der Waals surface area contributed by atoms with Crippen molar-refractivity contribution in [2.24, 2.45) is 5.92 Å². The van der Waals surface area contributed by atoms with Crippen LogP contribution in [0.2, 0.25) is 0 Å². The van der Waals surface area contributed by atoms with E-state index < -0.39 is 0 Å². The molecule has 0 saturated carbocycles. The highest BCUT2D eigenvalue weighted by atomic mass is 16.5. The Morgan fingerprint density at radius 2 is 2.10 bits per heavy atom. The van der Waals surface area contributed by atoms with Crippen molar-refractivity contribution in [2.45, 2.75) is 33.4 Å². The van der Waals surface area contributed by atoms with Crippen LogP contribution in [-0.2, 0) is 6.54 Å². The first kappa shape index (κ1) is 13.2. The summed E-state index contributed by atoms with van der Waals surface area (Å²) in [6.07, 6.45) is 0. The van der Waals surface area contributed by atoms with Crippen LogP contribution in [0.25, 0.3) is 0 Å². The van der Waals surface area contributed by atoms with Crippen molar-refractivity contribution in [1.82, 2.24) is 10.5 Å². The fraction of sp³-hybridized carbons (Fsp3) is 0.438. The average molecular weight is 272 g/mol. The van der Waals surface area contributed by atoms with Gasteiger partial charge in [-0.2, -0.15) is 0 Å². The van der Waals surface area contributed by atoms with Gasteiger partial charge in [0, 0.05) is 29.6 Å². The molecule has 106 valence electrons. The minimum absolute atomic E-state index is 0.300. The van der Waals surface area contributed by atoms with Gasteiger partial charge in [0.25, 0.3) is 0 Å². The quantitative estimate of drug-likeness (QED) is 0.932. The lowest BCUT2D eigenvalue weighted by molar-refractivity contribution is 0.187. The van der Waals surface area contributed by atoms with E-state index in [-0.39, 0.29) is 0 Å². The van der Waals surface area contributed by atoms with Crippen LogP contribution < -0.4 is 10.1 Å². The number of benzene rings is 1. The number of hydrogen-bond donors (Lipinski definition) is 1. The summed E-state index contributed by atoms with van der Waals surface area (Å²) in [5, 5.41) is 7.64. The maximum absolute atomic E-state index is 5.78. The van der Waals surface area contributed by atoms with Gasteiger partial charge in [0.15, 0.2) is 0 Å². The molecule has 1 aromatic carbocycles. The number of aromatic nitrogens is 1. The van der Waals surface area contributed by atoms with E-state index in [2.05, 4.69) is 29.5 Å². The zero-order chi connectivity index (χ0) is 14.1. The Bertz CT molecular complexity index is 587. The van der Waals surface area contributed by atoms with Crippen molar-refractivity contribution >= 4 is 0 Å². The van der Waals surface area contributed by atoms with Crippen LogP contribution in [0, 0.1) is 19.8 Å². The van der Waals surface area contributed by atoms with Gasteiger partial charge in [-0.1, -0.05) is 30.3 Å². The third-order valence-electron chi connectivity index (χ3n) is 4.00. The van der Waals surface area contributed by atoms with E-state index in [4.69, 9.17) is 9.26 Å². The molecule has 3 rings (SSSR count). The molecule has 1 aliphatic rings.